The van der Waals surface area contributed by atoms with E-state index in [1.165, 1.54) is 0 Å². The summed E-state index contributed by atoms with van der Waals surface area (Å²) >= 11 is 12.5. The fourth-order valence-electron chi connectivity index (χ4n) is 2.70. The van der Waals surface area contributed by atoms with Crippen molar-refractivity contribution in [1.82, 2.24) is 15.5 Å². The zero-order valence-electron chi connectivity index (χ0n) is 12.3. The summed E-state index contributed by atoms with van der Waals surface area (Å²) in [7, 11) is 0. The molecule has 2 N–H and O–H groups in total. The molecule has 0 aliphatic carbocycles. The van der Waals surface area contributed by atoms with Crippen molar-refractivity contribution < 1.29 is 4.74 Å². The first-order chi connectivity index (χ1) is 10.7. The van der Waals surface area contributed by atoms with Crippen molar-refractivity contribution in [1.29, 1.82) is 0 Å². The minimum atomic E-state index is -0.0351. The van der Waals surface area contributed by atoms with Gasteiger partial charge in [-0.1, -0.05) is 29.3 Å². The van der Waals surface area contributed by atoms with Crippen molar-refractivity contribution in [2.24, 2.45) is 4.99 Å². The predicted octanol–water partition coefficient (Wildman–Crippen LogP) is 1.92. The summed E-state index contributed by atoms with van der Waals surface area (Å²) < 4.78 is 5.34. The highest BCUT2D eigenvalue weighted by Crippen LogP contribution is 2.33. The van der Waals surface area contributed by atoms with E-state index in [4.69, 9.17) is 27.9 Å². The average molecular weight is 343 g/mol. The van der Waals surface area contributed by atoms with Crippen LogP contribution in [-0.2, 0) is 4.74 Å². The van der Waals surface area contributed by atoms with Gasteiger partial charge in [-0.15, -0.1) is 0 Å². The van der Waals surface area contributed by atoms with Crippen LogP contribution in [0.5, 0.6) is 0 Å². The van der Waals surface area contributed by atoms with E-state index in [1.807, 2.05) is 18.2 Å². The van der Waals surface area contributed by atoms with Crippen molar-refractivity contribution in [2.75, 3.05) is 45.9 Å². The maximum Gasteiger partial charge on any atom is 0.192 e. The number of aliphatic imine (C=N–C) groups is 1. The molecule has 1 fully saturated rings. The molecule has 1 aromatic carbocycles. The van der Waals surface area contributed by atoms with Crippen molar-refractivity contribution >= 4 is 29.2 Å². The van der Waals surface area contributed by atoms with Gasteiger partial charge in [-0.25, -0.2) is 4.99 Å². The van der Waals surface area contributed by atoms with Gasteiger partial charge in [-0.3, -0.25) is 4.90 Å². The lowest BCUT2D eigenvalue weighted by atomic mass is 10.1. The normalized spacial score (nSPS) is 22.3. The number of nitrogens with zero attached hydrogens (tertiary/aromatic N) is 2. The first-order valence-electron chi connectivity index (χ1n) is 7.53. The van der Waals surface area contributed by atoms with Gasteiger partial charge >= 0.3 is 0 Å². The van der Waals surface area contributed by atoms with Gasteiger partial charge in [-0.05, 0) is 12.1 Å². The number of halogens is 2. The third kappa shape index (κ3) is 3.84. The van der Waals surface area contributed by atoms with Crippen LogP contribution in [0, 0.1) is 0 Å². The molecule has 1 unspecified atom stereocenters. The zero-order chi connectivity index (χ0) is 15.4. The number of hydrogen-bond donors (Lipinski definition) is 2. The Balaban J connectivity index is 1.53. The zero-order valence-corrected chi connectivity index (χ0v) is 13.8. The second-order valence-corrected chi connectivity index (χ2v) is 6.20. The van der Waals surface area contributed by atoms with E-state index in [2.05, 4.69) is 20.5 Å². The SMILES string of the molecule is Clc1cccc(Cl)c1C1CNC(NCCN2CCOCC2)=N1. The van der Waals surface area contributed by atoms with Crippen LogP contribution in [0.15, 0.2) is 23.2 Å². The van der Waals surface area contributed by atoms with E-state index in [-0.39, 0.29) is 6.04 Å². The Labute approximate surface area is 140 Å². The van der Waals surface area contributed by atoms with Crippen LogP contribution in [0.4, 0.5) is 0 Å². The molecular weight excluding hydrogens is 323 g/mol. The highest BCUT2D eigenvalue weighted by atomic mass is 35.5. The molecule has 0 amide bonds. The van der Waals surface area contributed by atoms with Gasteiger partial charge in [0.05, 0.1) is 19.3 Å². The number of ether oxygens (including phenoxy) is 1. The Morgan fingerprint density at radius 2 is 2.00 bits per heavy atom. The molecule has 5 nitrogen and oxygen atoms in total. The lowest BCUT2D eigenvalue weighted by Crippen LogP contribution is -2.43. The van der Waals surface area contributed by atoms with Crippen LogP contribution in [0.25, 0.3) is 0 Å². The molecule has 0 bridgehead atoms. The molecule has 2 heterocycles. The maximum absolute atomic E-state index is 6.24. The molecule has 1 saturated heterocycles. The van der Waals surface area contributed by atoms with E-state index in [0.29, 0.717) is 16.6 Å². The third-order valence-electron chi connectivity index (χ3n) is 3.90. The van der Waals surface area contributed by atoms with E-state index < -0.39 is 0 Å². The Morgan fingerprint density at radius 1 is 1.27 bits per heavy atom. The Hall–Kier alpha value is -1.01. The van der Waals surface area contributed by atoms with Crippen LogP contribution in [-0.4, -0.2) is 56.8 Å². The van der Waals surface area contributed by atoms with Crippen molar-refractivity contribution in [2.45, 2.75) is 6.04 Å². The van der Waals surface area contributed by atoms with E-state index in [0.717, 1.165) is 50.9 Å². The van der Waals surface area contributed by atoms with Gasteiger partial charge < -0.3 is 15.4 Å². The van der Waals surface area contributed by atoms with E-state index in [1.54, 1.807) is 0 Å². The molecule has 2 aliphatic heterocycles. The van der Waals surface area contributed by atoms with Gasteiger partial charge in [-0.2, -0.15) is 0 Å². The van der Waals surface area contributed by atoms with Gasteiger partial charge in [0.15, 0.2) is 5.96 Å². The molecule has 0 spiro atoms. The predicted molar refractivity (Wildman–Crippen MR) is 89.9 cm³/mol. The molecule has 7 heteroatoms. The van der Waals surface area contributed by atoms with Crippen molar-refractivity contribution in [3.05, 3.63) is 33.8 Å². The first-order valence-corrected chi connectivity index (χ1v) is 8.29. The number of nitrogens with one attached hydrogen (secondary N) is 2. The maximum atomic E-state index is 6.24. The minimum absolute atomic E-state index is 0.0351. The Bertz CT molecular complexity index is 526. The highest BCUT2D eigenvalue weighted by molar-refractivity contribution is 6.36. The smallest absolute Gasteiger partial charge is 0.192 e. The Morgan fingerprint density at radius 3 is 2.73 bits per heavy atom. The largest absolute Gasteiger partial charge is 0.379 e. The van der Waals surface area contributed by atoms with Crippen molar-refractivity contribution in [3.8, 4) is 0 Å². The average Bonchev–Trinajstić information content (AvgIpc) is 2.97. The molecule has 0 aromatic heterocycles. The first kappa shape index (κ1) is 15.9. The molecule has 1 aromatic rings. The number of rotatable bonds is 4. The van der Waals surface area contributed by atoms with Gasteiger partial charge in [0, 0.05) is 48.3 Å². The van der Waals surface area contributed by atoms with Crippen LogP contribution in [0.3, 0.4) is 0 Å². The number of morpholine rings is 1. The van der Waals surface area contributed by atoms with Gasteiger partial charge in [0.25, 0.3) is 0 Å². The van der Waals surface area contributed by atoms with Gasteiger partial charge in [0.2, 0.25) is 0 Å². The summed E-state index contributed by atoms with van der Waals surface area (Å²) in [5.74, 6) is 0.814. The number of guanidine groups is 1. The molecule has 0 saturated carbocycles. The lowest BCUT2D eigenvalue weighted by Gasteiger charge is -2.26. The number of benzene rings is 1. The minimum Gasteiger partial charge on any atom is -0.379 e. The fourth-order valence-corrected chi connectivity index (χ4v) is 3.35. The summed E-state index contributed by atoms with van der Waals surface area (Å²) in [6, 6.07) is 5.51. The third-order valence-corrected chi connectivity index (χ3v) is 4.56. The van der Waals surface area contributed by atoms with E-state index in [9.17, 15) is 0 Å². The standard InChI is InChI=1S/C15H20Cl2N4O/c16-11-2-1-3-12(17)14(11)13-10-19-15(20-13)18-4-5-21-6-8-22-9-7-21/h1-3,13H,4-10H2,(H2,18,19,20). The van der Waals surface area contributed by atoms with Crippen LogP contribution in [0.1, 0.15) is 11.6 Å². The molecule has 1 atom stereocenters. The van der Waals surface area contributed by atoms with E-state index >= 15 is 0 Å². The quantitative estimate of drug-likeness (QED) is 0.877. The topological polar surface area (TPSA) is 48.9 Å². The molecular formula is C15H20Cl2N4O. The van der Waals surface area contributed by atoms with Crippen LogP contribution in [0.2, 0.25) is 10.0 Å². The molecule has 2 aliphatic rings. The summed E-state index contributed by atoms with van der Waals surface area (Å²) in [6.45, 7) is 6.21. The molecule has 0 radical (unpaired) electrons. The summed E-state index contributed by atoms with van der Waals surface area (Å²) in [5, 5.41) is 7.94. The van der Waals surface area contributed by atoms with Gasteiger partial charge in [0.1, 0.15) is 0 Å². The summed E-state index contributed by atoms with van der Waals surface area (Å²) in [4.78, 5) is 7.03. The summed E-state index contributed by atoms with van der Waals surface area (Å²) in [6.07, 6.45) is 0. The molecule has 3 rings (SSSR count). The van der Waals surface area contributed by atoms with Crippen LogP contribution < -0.4 is 10.6 Å². The molecule has 22 heavy (non-hydrogen) atoms. The summed E-state index contributed by atoms with van der Waals surface area (Å²) in [5.41, 5.74) is 0.892. The lowest BCUT2D eigenvalue weighted by molar-refractivity contribution is 0.0389. The highest BCUT2D eigenvalue weighted by Gasteiger charge is 2.23. The fraction of sp³-hybridized carbons (Fsp3) is 0.533. The Kier molecular flexibility index (Phi) is 5.41. The molecule has 120 valence electrons. The van der Waals surface area contributed by atoms with Crippen LogP contribution >= 0.6 is 23.2 Å². The second kappa shape index (κ2) is 7.51. The second-order valence-electron chi connectivity index (χ2n) is 5.39. The van der Waals surface area contributed by atoms with Crippen molar-refractivity contribution in [3.63, 3.8) is 0 Å². The number of hydrogen-bond acceptors (Lipinski definition) is 5. The monoisotopic (exact) mass is 342 g/mol.